The van der Waals surface area contributed by atoms with Crippen molar-refractivity contribution in [2.45, 2.75) is 20.8 Å². The molecule has 1 aromatic rings. The van der Waals surface area contributed by atoms with E-state index in [1.165, 1.54) is 6.07 Å². The lowest BCUT2D eigenvalue weighted by atomic mass is 10.4. The van der Waals surface area contributed by atoms with Gasteiger partial charge in [-0.3, -0.25) is 4.79 Å². The second kappa shape index (κ2) is 4.73. The number of hydrogen-bond acceptors (Lipinski definition) is 2. The van der Waals surface area contributed by atoms with Crippen molar-refractivity contribution >= 4 is 0 Å². The van der Waals surface area contributed by atoms with Crippen molar-refractivity contribution in [3.05, 3.63) is 28.2 Å². The average molecular weight is 140 g/mol. The first-order valence-corrected chi connectivity index (χ1v) is 3.30. The molecule has 0 aromatic carbocycles. The van der Waals surface area contributed by atoms with Gasteiger partial charge in [-0.25, -0.2) is 5.10 Å². The number of H-pyrrole nitrogens is 1. The third kappa shape index (κ3) is 3.02. The van der Waals surface area contributed by atoms with E-state index in [-0.39, 0.29) is 5.56 Å². The molecule has 0 aliphatic rings. The van der Waals surface area contributed by atoms with Crippen molar-refractivity contribution < 1.29 is 0 Å². The Morgan fingerprint density at radius 3 is 2.40 bits per heavy atom. The summed E-state index contributed by atoms with van der Waals surface area (Å²) in [5.41, 5.74) is 0.735. The van der Waals surface area contributed by atoms with Crippen LogP contribution in [0.4, 0.5) is 0 Å². The van der Waals surface area contributed by atoms with Crippen LogP contribution in [0.1, 0.15) is 19.4 Å². The molecular formula is C7H12N2O. The van der Waals surface area contributed by atoms with Crippen molar-refractivity contribution in [1.29, 1.82) is 0 Å². The normalized spacial score (nSPS) is 7.90. The van der Waals surface area contributed by atoms with Gasteiger partial charge in [-0.15, -0.1) is 0 Å². The first-order valence-electron chi connectivity index (χ1n) is 3.30. The van der Waals surface area contributed by atoms with Crippen LogP contribution < -0.4 is 5.56 Å². The lowest BCUT2D eigenvalue weighted by Gasteiger charge is -1.82. The summed E-state index contributed by atoms with van der Waals surface area (Å²) in [4.78, 5) is 10.4. The summed E-state index contributed by atoms with van der Waals surface area (Å²) in [7, 11) is 0. The minimum atomic E-state index is -0.148. The Morgan fingerprint density at radius 1 is 1.50 bits per heavy atom. The molecule has 0 radical (unpaired) electrons. The molecule has 0 aliphatic carbocycles. The molecule has 0 amide bonds. The van der Waals surface area contributed by atoms with Crippen molar-refractivity contribution in [3.8, 4) is 0 Å². The van der Waals surface area contributed by atoms with Gasteiger partial charge in [-0.05, 0) is 12.5 Å². The molecule has 0 atom stereocenters. The molecule has 0 fully saturated rings. The summed E-state index contributed by atoms with van der Waals surface area (Å²) in [5, 5.41) is 5.81. The zero-order chi connectivity index (χ0) is 7.98. The van der Waals surface area contributed by atoms with Crippen LogP contribution in [0.25, 0.3) is 0 Å². The number of nitrogens with one attached hydrogen (secondary N) is 1. The summed E-state index contributed by atoms with van der Waals surface area (Å²) in [6, 6.07) is 1.49. The van der Waals surface area contributed by atoms with Crippen molar-refractivity contribution in [1.82, 2.24) is 10.2 Å². The Kier molecular flexibility index (Phi) is 4.20. The second-order valence-electron chi connectivity index (χ2n) is 1.62. The molecule has 0 bridgehead atoms. The summed E-state index contributed by atoms with van der Waals surface area (Å²) in [5.74, 6) is 0. The zero-order valence-corrected chi connectivity index (χ0v) is 6.51. The Morgan fingerprint density at radius 2 is 2.10 bits per heavy atom. The van der Waals surface area contributed by atoms with E-state index in [0.717, 1.165) is 5.56 Å². The minimum absolute atomic E-state index is 0.148. The van der Waals surface area contributed by atoms with E-state index in [0.29, 0.717) is 0 Å². The summed E-state index contributed by atoms with van der Waals surface area (Å²) >= 11 is 0. The molecule has 0 saturated carbocycles. The number of hydrogen-bond donors (Lipinski definition) is 1. The van der Waals surface area contributed by atoms with Crippen LogP contribution in [-0.4, -0.2) is 10.2 Å². The van der Waals surface area contributed by atoms with Crippen LogP contribution in [0.3, 0.4) is 0 Å². The fourth-order valence-electron chi connectivity index (χ4n) is 0.474. The predicted molar refractivity (Wildman–Crippen MR) is 40.9 cm³/mol. The summed E-state index contributed by atoms with van der Waals surface area (Å²) in [6.45, 7) is 5.82. The average Bonchev–Trinajstić information content (AvgIpc) is 1.91. The Balaban J connectivity index is 0.000000371. The second-order valence-corrected chi connectivity index (χ2v) is 1.62. The van der Waals surface area contributed by atoms with Gasteiger partial charge in [0.15, 0.2) is 0 Å². The predicted octanol–water partition coefficient (Wildman–Crippen LogP) is 1.10. The third-order valence-electron chi connectivity index (χ3n) is 0.802. The van der Waals surface area contributed by atoms with Gasteiger partial charge < -0.3 is 0 Å². The number of aryl methyl sites for hydroxylation is 1. The number of aromatic amines is 1. The molecule has 1 N–H and O–H groups in total. The van der Waals surface area contributed by atoms with Gasteiger partial charge in [0.05, 0.1) is 6.20 Å². The van der Waals surface area contributed by atoms with Crippen LogP contribution in [0, 0.1) is 6.92 Å². The first-order chi connectivity index (χ1) is 4.79. The molecule has 0 aliphatic heterocycles. The van der Waals surface area contributed by atoms with Crippen LogP contribution in [-0.2, 0) is 0 Å². The molecule has 3 heteroatoms. The van der Waals surface area contributed by atoms with Crippen molar-refractivity contribution in [3.63, 3.8) is 0 Å². The number of aromatic nitrogens is 2. The molecular weight excluding hydrogens is 128 g/mol. The highest BCUT2D eigenvalue weighted by Crippen LogP contribution is 1.81. The maximum Gasteiger partial charge on any atom is 0.264 e. The van der Waals surface area contributed by atoms with Crippen LogP contribution in [0.2, 0.25) is 0 Å². The third-order valence-corrected chi connectivity index (χ3v) is 0.802. The molecule has 0 unspecified atom stereocenters. The molecule has 56 valence electrons. The largest absolute Gasteiger partial charge is 0.268 e. The highest BCUT2D eigenvalue weighted by Gasteiger charge is 1.81. The quantitative estimate of drug-likeness (QED) is 0.586. The number of rotatable bonds is 0. The highest BCUT2D eigenvalue weighted by molar-refractivity contribution is 5.00. The molecule has 0 spiro atoms. The topological polar surface area (TPSA) is 45.8 Å². The van der Waals surface area contributed by atoms with Gasteiger partial charge >= 0.3 is 0 Å². The molecule has 10 heavy (non-hydrogen) atoms. The Hall–Kier alpha value is -1.12. The van der Waals surface area contributed by atoms with E-state index in [4.69, 9.17) is 0 Å². The van der Waals surface area contributed by atoms with E-state index in [2.05, 4.69) is 10.2 Å². The van der Waals surface area contributed by atoms with E-state index in [9.17, 15) is 4.79 Å². The fraction of sp³-hybridized carbons (Fsp3) is 0.429. The van der Waals surface area contributed by atoms with Crippen molar-refractivity contribution in [2.75, 3.05) is 0 Å². The van der Waals surface area contributed by atoms with E-state index >= 15 is 0 Å². The monoisotopic (exact) mass is 140 g/mol. The molecule has 0 saturated heterocycles. The Labute approximate surface area is 60.1 Å². The van der Waals surface area contributed by atoms with E-state index in [1.54, 1.807) is 6.20 Å². The molecule has 1 rings (SSSR count). The SMILES string of the molecule is CC.Cc1cn[nH]c(=O)c1. The fourth-order valence-corrected chi connectivity index (χ4v) is 0.474. The van der Waals surface area contributed by atoms with E-state index < -0.39 is 0 Å². The van der Waals surface area contributed by atoms with Gasteiger partial charge in [-0.1, -0.05) is 13.8 Å². The lowest BCUT2D eigenvalue weighted by molar-refractivity contribution is 0.974. The van der Waals surface area contributed by atoms with Crippen LogP contribution in [0.5, 0.6) is 0 Å². The standard InChI is InChI=1S/C5H6N2O.C2H6/c1-4-2-5(8)7-6-3-4;1-2/h2-3H,1H3,(H,7,8);1-2H3. The van der Waals surface area contributed by atoms with Gasteiger partial charge in [0.2, 0.25) is 0 Å². The van der Waals surface area contributed by atoms with Crippen molar-refractivity contribution in [2.24, 2.45) is 0 Å². The van der Waals surface area contributed by atoms with E-state index in [1.807, 2.05) is 20.8 Å². The lowest BCUT2D eigenvalue weighted by Crippen LogP contribution is -2.05. The van der Waals surface area contributed by atoms with Crippen LogP contribution in [0.15, 0.2) is 17.1 Å². The van der Waals surface area contributed by atoms with Gasteiger partial charge in [0.1, 0.15) is 0 Å². The molecule has 3 nitrogen and oxygen atoms in total. The molecule has 1 heterocycles. The van der Waals surface area contributed by atoms with Gasteiger partial charge in [0.25, 0.3) is 5.56 Å². The summed E-state index contributed by atoms with van der Waals surface area (Å²) < 4.78 is 0. The maximum atomic E-state index is 10.4. The summed E-state index contributed by atoms with van der Waals surface area (Å²) in [6.07, 6.45) is 1.60. The number of nitrogens with zero attached hydrogens (tertiary/aromatic N) is 1. The maximum absolute atomic E-state index is 10.4. The Bertz CT molecular complexity index is 229. The van der Waals surface area contributed by atoms with Crippen LogP contribution >= 0.6 is 0 Å². The minimum Gasteiger partial charge on any atom is -0.268 e. The van der Waals surface area contributed by atoms with Gasteiger partial charge in [0, 0.05) is 6.07 Å². The zero-order valence-electron chi connectivity index (χ0n) is 6.51. The smallest absolute Gasteiger partial charge is 0.264 e. The first kappa shape index (κ1) is 8.88. The highest BCUT2D eigenvalue weighted by atomic mass is 16.1. The molecule has 1 aromatic heterocycles. The van der Waals surface area contributed by atoms with Gasteiger partial charge in [-0.2, -0.15) is 5.10 Å².